The fraction of sp³-hybridized carbons (Fsp3) is 0.786. The van der Waals surface area contributed by atoms with Crippen LogP contribution in [0.3, 0.4) is 0 Å². The number of aromatic hydroxyl groups is 1. The number of phenols is 1. The molecule has 1 rings (SSSR count). The third-order valence-corrected chi connectivity index (χ3v) is 6.41. The Hall–Kier alpha value is -1.18. The minimum absolute atomic E-state index is 0.197. The van der Waals surface area contributed by atoms with Crippen LogP contribution in [0.15, 0.2) is 18.2 Å². The monoisotopic (exact) mass is 417 g/mol. The molecule has 0 amide bonds. The van der Waals surface area contributed by atoms with E-state index in [-0.39, 0.29) is 5.75 Å². The predicted octanol–water partition coefficient (Wildman–Crippen LogP) is 9.34. The Morgan fingerprint density at radius 3 is 1.30 bits per heavy atom. The summed E-state index contributed by atoms with van der Waals surface area (Å²) in [5.41, 5.74) is 7.49. The summed E-state index contributed by atoms with van der Waals surface area (Å²) in [5, 5.41) is 9.46. The maximum Gasteiger partial charge on any atom is 0.138 e. The van der Waals surface area contributed by atoms with Crippen molar-refractivity contribution in [3.05, 3.63) is 23.8 Å². The number of unbranched alkanes of at least 4 members (excludes halogenated alkanes) is 19. The zero-order valence-corrected chi connectivity index (χ0v) is 20.1. The van der Waals surface area contributed by atoms with Crippen LogP contribution in [-0.2, 0) is 6.42 Å². The van der Waals surface area contributed by atoms with Crippen molar-refractivity contribution in [3.8, 4) is 5.75 Å². The maximum atomic E-state index is 9.46. The van der Waals surface area contributed by atoms with Gasteiger partial charge in [0.25, 0.3) is 0 Å². The average molecular weight is 418 g/mol. The van der Waals surface area contributed by atoms with Gasteiger partial charge in [0.05, 0.1) is 5.69 Å². The molecular formula is C28H51NO. The van der Waals surface area contributed by atoms with E-state index in [0.717, 1.165) is 6.42 Å². The second-order valence-corrected chi connectivity index (χ2v) is 9.36. The number of anilines is 1. The largest absolute Gasteiger partial charge is 0.506 e. The topological polar surface area (TPSA) is 46.2 Å². The van der Waals surface area contributed by atoms with Crippen LogP contribution in [0.4, 0.5) is 5.69 Å². The van der Waals surface area contributed by atoms with Crippen LogP contribution in [-0.4, -0.2) is 5.11 Å². The van der Waals surface area contributed by atoms with Crippen molar-refractivity contribution in [1.82, 2.24) is 0 Å². The Balaban J connectivity index is 1.73. The van der Waals surface area contributed by atoms with E-state index in [9.17, 15) is 5.11 Å². The van der Waals surface area contributed by atoms with Crippen LogP contribution >= 0.6 is 0 Å². The molecule has 3 N–H and O–H groups in total. The molecule has 0 unspecified atom stereocenters. The van der Waals surface area contributed by atoms with Crippen LogP contribution in [0.5, 0.6) is 5.75 Å². The number of nitrogen functional groups attached to an aromatic ring is 1. The van der Waals surface area contributed by atoms with Crippen molar-refractivity contribution in [3.63, 3.8) is 0 Å². The van der Waals surface area contributed by atoms with Gasteiger partial charge in [-0.1, -0.05) is 135 Å². The lowest BCUT2D eigenvalue weighted by atomic mass is 10.0. The molecule has 0 aliphatic rings. The first-order valence-electron chi connectivity index (χ1n) is 13.3. The van der Waals surface area contributed by atoms with Gasteiger partial charge in [0, 0.05) is 0 Å². The number of aryl methyl sites for hydroxylation is 1. The van der Waals surface area contributed by atoms with Gasteiger partial charge in [-0.3, -0.25) is 0 Å². The second kappa shape index (κ2) is 19.8. The van der Waals surface area contributed by atoms with Gasteiger partial charge in [0.2, 0.25) is 0 Å². The van der Waals surface area contributed by atoms with Gasteiger partial charge < -0.3 is 10.8 Å². The Morgan fingerprint density at radius 1 is 0.567 bits per heavy atom. The molecule has 0 aromatic heterocycles. The van der Waals surface area contributed by atoms with Gasteiger partial charge in [0.15, 0.2) is 0 Å². The SMILES string of the molecule is CCCCCCCCCCCCCCCCCCCCCCc1ccc(O)c(N)c1. The van der Waals surface area contributed by atoms with Gasteiger partial charge >= 0.3 is 0 Å². The van der Waals surface area contributed by atoms with Crippen LogP contribution in [0.1, 0.15) is 141 Å². The van der Waals surface area contributed by atoms with E-state index in [4.69, 9.17) is 5.73 Å². The van der Waals surface area contributed by atoms with Crippen molar-refractivity contribution >= 4 is 5.69 Å². The van der Waals surface area contributed by atoms with Crippen LogP contribution in [0.2, 0.25) is 0 Å². The Kier molecular flexibility index (Phi) is 17.7. The number of nitrogens with two attached hydrogens (primary N) is 1. The highest BCUT2D eigenvalue weighted by Crippen LogP contribution is 2.22. The molecule has 0 fully saturated rings. The normalized spacial score (nSPS) is 11.2. The molecule has 1 aromatic carbocycles. The smallest absolute Gasteiger partial charge is 0.138 e. The zero-order chi connectivity index (χ0) is 21.7. The van der Waals surface area contributed by atoms with E-state index in [2.05, 4.69) is 6.92 Å². The lowest BCUT2D eigenvalue weighted by Gasteiger charge is -2.05. The molecule has 0 saturated carbocycles. The fourth-order valence-corrected chi connectivity index (χ4v) is 4.34. The van der Waals surface area contributed by atoms with Gasteiger partial charge in [-0.2, -0.15) is 0 Å². The standard InChI is InChI=1S/C28H51NO/c1-2-3-4-5-6-7-8-9-10-11-12-13-14-15-16-17-18-19-20-21-22-26-23-24-28(30)27(29)25-26/h23-25,30H,2-22,29H2,1H3. The average Bonchev–Trinajstić information content (AvgIpc) is 2.74. The summed E-state index contributed by atoms with van der Waals surface area (Å²) in [5.74, 6) is 0.197. The highest BCUT2D eigenvalue weighted by molar-refractivity contribution is 5.53. The van der Waals surface area contributed by atoms with Crippen molar-refractivity contribution in [2.45, 2.75) is 142 Å². The number of benzene rings is 1. The molecule has 0 bridgehead atoms. The van der Waals surface area contributed by atoms with E-state index < -0.39 is 0 Å². The second-order valence-electron chi connectivity index (χ2n) is 9.36. The summed E-state index contributed by atoms with van der Waals surface area (Å²) >= 11 is 0. The highest BCUT2D eigenvalue weighted by Gasteiger charge is 1.99. The van der Waals surface area contributed by atoms with E-state index in [1.54, 1.807) is 6.07 Å². The fourth-order valence-electron chi connectivity index (χ4n) is 4.34. The summed E-state index contributed by atoms with van der Waals surface area (Å²) in [6.07, 6.45) is 29.5. The Bertz CT molecular complexity index is 499. The molecule has 2 heteroatoms. The summed E-state index contributed by atoms with van der Waals surface area (Å²) in [4.78, 5) is 0. The van der Waals surface area contributed by atoms with Crippen molar-refractivity contribution in [1.29, 1.82) is 0 Å². The first kappa shape index (κ1) is 26.9. The van der Waals surface area contributed by atoms with Crippen LogP contribution in [0.25, 0.3) is 0 Å². The molecule has 0 aliphatic carbocycles. The lowest BCUT2D eigenvalue weighted by Crippen LogP contribution is -1.91. The molecule has 0 aliphatic heterocycles. The summed E-state index contributed by atoms with van der Waals surface area (Å²) in [6, 6.07) is 5.60. The Labute approximate surface area is 188 Å². The quantitative estimate of drug-likeness (QED) is 0.119. The minimum atomic E-state index is 0.197. The van der Waals surface area contributed by atoms with Crippen molar-refractivity contribution in [2.24, 2.45) is 0 Å². The van der Waals surface area contributed by atoms with Crippen molar-refractivity contribution in [2.75, 3.05) is 5.73 Å². The van der Waals surface area contributed by atoms with Gasteiger partial charge in [0.1, 0.15) is 5.75 Å². The van der Waals surface area contributed by atoms with Gasteiger partial charge in [-0.05, 0) is 30.5 Å². The molecule has 0 radical (unpaired) electrons. The maximum absolute atomic E-state index is 9.46. The summed E-state index contributed by atoms with van der Waals surface area (Å²) in [6.45, 7) is 2.29. The first-order chi connectivity index (χ1) is 14.7. The number of hydrogen-bond donors (Lipinski definition) is 2. The van der Waals surface area contributed by atoms with E-state index >= 15 is 0 Å². The van der Waals surface area contributed by atoms with Crippen LogP contribution in [0, 0.1) is 0 Å². The molecule has 0 atom stereocenters. The van der Waals surface area contributed by atoms with E-state index in [1.807, 2.05) is 12.1 Å². The zero-order valence-electron chi connectivity index (χ0n) is 20.1. The van der Waals surface area contributed by atoms with Gasteiger partial charge in [-0.15, -0.1) is 0 Å². The number of hydrogen-bond acceptors (Lipinski definition) is 2. The summed E-state index contributed by atoms with van der Waals surface area (Å²) < 4.78 is 0. The molecular weight excluding hydrogens is 366 g/mol. The number of rotatable bonds is 21. The number of phenolic OH excluding ortho intramolecular Hbond substituents is 1. The molecule has 1 aromatic rings. The Morgan fingerprint density at radius 2 is 0.933 bits per heavy atom. The third-order valence-electron chi connectivity index (χ3n) is 6.41. The van der Waals surface area contributed by atoms with Crippen molar-refractivity contribution < 1.29 is 5.11 Å². The van der Waals surface area contributed by atoms with Crippen LogP contribution < -0.4 is 5.73 Å². The van der Waals surface area contributed by atoms with Gasteiger partial charge in [-0.25, -0.2) is 0 Å². The molecule has 2 nitrogen and oxygen atoms in total. The predicted molar refractivity (Wildman–Crippen MR) is 134 cm³/mol. The van der Waals surface area contributed by atoms with E-state index in [0.29, 0.717) is 5.69 Å². The molecule has 174 valence electrons. The minimum Gasteiger partial charge on any atom is -0.506 e. The van der Waals surface area contributed by atoms with E-state index in [1.165, 1.54) is 134 Å². The highest BCUT2D eigenvalue weighted by atomic mass is 16.3. The first-order valence-corrected chi connectivity index (χ1v) is 13.3. The summed E-state index contributed by atoms with van der Waals surface area (Å²) in [7, 11) is 0. The third kappa shape index (κ3) is 15.6. The lowest BCUT2D eigenvalue weighted by molar-refractivity contribution is 0.477. The molecule has 0 saturated heterocycles. The molecule has 30 heavy (non-hydrogen) atoms. The molecule has 0 heterocycles. The molecule has 0 spiro atoms.